The van der Waals surface area contributed by atoms with Crippen LogP contribution in [0.4, 0.5) is 5.69 Å². The molecule has 1 aromatic heterocycles. The summed E-state index contributed by atoms with van der Waals surface area (Å²) in [7, 11) is 3.46. The van der Waals surface area contributed by atoms with Crippen LogP contribution in [0.15, 0.2) is 47.5 Å². The number of aryl methyl sites for hydroxylation is 1. The predicted octanol–water partition coefficient (Wildman–Crippen LogP) is 2.64. The van der Waals surface area contributed by atoms with E-state index in [9.17, 15) is 14.4 Å². The van der Waals surface area contributed by atoms with Gasteiger partial charge in [0.15, 0.2) is 4.80 Å². The molecule has 1 aliphatic heterocycles. The third-order valence-electron chi connectivity index (χ3n) is 4.64. The molecule has 0 spiro atoms. The van der Waals surface area contributed by atoms with Crippen LogP contribution in [0.3, 0.4) is 0 Å². The third-order valence-corrected chi connectivity index (χ3v) is 5.73. The molecule has 0 aliphatic carbocycles. The normalized spacial score (nSPS) is 14.9. The second-order valence-corrected chi connectivity index (χ2v) is 7.37. The number of ether oxygens (including phenoxy) is 1. The summed E-state index contributed by atoms with van der Waals surface area (Å²) in [5.41, 5.74) is 1.82. The van der Waals surface area contributed by atoms with Gasteiger partial charge in [0.05, 0.1) is 23.0 Å². The van der Waals surface area contributed by atoms with Crippen molar-refractivity contribution < 1.29 is 19.1 Å². The zero-order valence-corrected chi connectivity index (χ0v) is 16.2. The first-order valence-electron chi connectivity index (χ1n) is 8.66. The molecule has 4 rings (SSSR count). The summed E-state index contributed by atoms with van der Waals surface area (Å²) in [6, 6.07) is 12.0. The fourth-order valence-electron chi connectivity index (χ4n) is 3.12. The van der Waals surface area contributed by atoms with E-state index in [0.717, 1.165) is 20.9 Å². The van der Waals surface area contributed by atoms with Crippen molar-refractivity contribution >= 4 is 45.0 Å². The lowest BCUT2D eigenvalue weighted by molar-refractivity contribution is -0.121. The van der Waals surface area contributed by atoms with Gasteiger partial charge in [-0.25, -0.2) is 0 Å². The summed E-state index contributed by atoms with van der Waals surface area (Å²) in [6.45, 7) is 0. The monoisotopic (exact) mass is 395 g/mol. The van der Waals surface area contributed by atoms with Crippen molar-refractivity contribution in [2.24, 2.45) is 12.0 Å². The smallest absolute Gasteiger partial charge is 0.279 e. The number of hydrogen-bond acceptors (Lipinski definition) is 5. The molecule has 8 heteroatoms. The number of hydrogen-bond donors (Lipinski definition) is 0. The van der Waals surface area contributed by atoms with Crippen LogP contribution >= 0.6 is 11.3 Å². The van der Waals surface area contributed by atoms with E-state index >= 15 is 0 Å². The van der Waals surface area contributed by atoms with E-state index < -0.39 is 0 Å². The molecular formula is C20H17N3O4S. The van der Waals surface area contributed by atoms with Gasteiger partial charge < -0.3 is 9.30 Å². The fraction of sp³-hybridized carbons (Fsp3) is 0.200. The third kappa shape index (κ3) is 3.11. The van der Waals surface area contributed by atoms with Crippen molar-refractivity contribution in [2.45, 2.75) is 12.8 Å². The maximum atomic E-state index is 12.6. The van der Waals surface area contributed by atoms with E-state index in [1.165, 1.54) is 11.3 Å². The lowest BCUT2D eigenvalue weighted by Crippen LogP contribution is -2.28. The van der Waals surface area contributed by atoms with E-state index in [1.807, 2.05) is 29.8 Å². The molecule has 28 heavy (non-hydrogen) atoms. The van der Waals surface area contributed by atoms with Crippen LogP contribution in [0.2, 0.25) is 0 Å². The van der Waals surface area contributed by atoms with E-state index in [2.05, 4.69) is 4.99 Å². The maximum absolute atomic E-state index is 12.6. The summed E-state index contributed by atoms with van der Waals surface area (Å²) in [5, 5.41) is 0. The largest absolute Gasteiger partial charge is 0.497 e. The van der Waals surface area contributed by atoms with Gasteiger partial charge in [-0.15, -0.1) is 0 Å². The van der Waals surface area contributed by atoms with Crippen LogP contribution in [0, 0.1) is 0 Å². The van der Waals surface area contributed by atoms with Gasteiger partial charge in [0.2, 0.25) is 11.8 Å². The van der Waals surface area contributed by atoms with E-state index in [-0.39, 0.29) is 30.6 Å². The van der Waals surface area contributed by atoms with Crippen LogP contribution in [0.5, 0.6) is 5.75 Å². The highest BCUT2D eigenvalue weighted by molar-refractivity contribution is 7.16. The average Bonchev–Trinajstić information content (AvgIpc) is 3.20. The van der Waals surface area contributed by atoms with Crippen molar-refractivity contribution in [1.29, 1.82) is 0 Å². The molecule has 0 atom stereocenters. The first kappa shape index (κ1) is 18.1. The first-order valence-corrected chi connectivity index (χ1v) is 9.48. The quantitative estimate of drug-likeness (QED) is 0.639. The van der Waals surface area contributed by atoms with E-state index in [4.69, 9.17) is 4.74 Å². The van der Waals surface area contributed by atoms with Crippen LogP contribution < -0.4 is 14.4 Å². The Morgan fingerprint density at radius 1 is 1.07 bits per heavy atom. The lowest BCUT2D eigenvalue weighted by Gasteiger charge is -2.13. The Morgan fingerprint density at radius 3 is 2.39 bits per heavy atom. The Hall–Kier alpha value is -3.26. The number of aromatic nitrogens is 1. The molecule has 142 valence electrons. The summed E-state index contributed by atoms with van der Waals surface area (Å²) < 4.78 is 8.06. The molecule has 7 nitrogen and oxygen atoms in total. The number of carbonyl (C=O) groups excluding carboxylic acids is 3. The fourth-order valence-corrected chi connectivity index (χ4v) is 4.16. The first-order chi connectivity index (χ1) is 13.5. The molecule has 0 radical (unpaired) electrons. The molecule has 1 saturated heterocycles. The number of benzene rings is 2. The Balaban J connectivity index is 1.65. The van der Waals surface area contributed by atoms with Gasteiger partial charge in [-0.05, 0) is 42.5 Å². The molecule has 0 saturated carbocycles. The van der Waals surface area contributed by atoms with Crippen LogP contribution in [0.1, 0.15) is 23.2 Å². The van der Waals surface area contributed by atoms with Gasteiger partial charge in [0.25, 0.3) is 5.91 Å². The second-order valence-electron chi connectivity index (χ2n) is 6.36. The minimum atomic E-state index is -0.389. The molecule has 2 heterocycles. The molecule has 0 bridgehead atoms. The van der Waals surface area contributed by atoms with Gasteiger partial charge in [-0.2, -0.15) is 4.99 Å². The van der Waals surface area contributed by atoms with Crippen molar-refractivity contribution in [1.82, 2.24) is 4.57 Å². The highest BCUT2D eigenvalue weighted by atomic mass is 32.1. The van der Waals surface area contributed by atoms with Crippen molar-refractivity contribution in [2.75, 3.05) is 12.0 Å². The number of rotatable bonds is 3. The zero-order chi connectivity index (χ0) is 19.8. The van der Waals surface area contributed by atoms with Gasteiger partial charge in [-0.1, -0.05) is 11.3 Å². The van der Waals surface area contributed by atoms with Crippen molar-refractivity contribution in [3.8, 4) is 5.75 Å². The summed E-state index contributed by atoms with van der Waals surface area (Å²) in [6.07, 6.45) is 0.449. The number of imide groups is 1. The maximum Gasteiger partial charge on any atom is 0.279 e. The highest BCUT2D eigenvalue weighted by Gasteiger charge is 2.30. The number of nitrogens with zero attached hydrogens (tertiary/aromatic N) is 3. The number of anilines is 1. The molecular weight excluding hydrogens is 378 g/mol. The molecule has 1 fully saturated rings. The molecule has 3 aromatic rings. The second kappa shape index (κ2) is 7.05. The SMILES string of the molecule is COc1ccc2c(c1)sc(=NC(=O)c1ccc(N3C(=O)CCC3=O)cc1)n2C. The standard InChI is InChI=1S/C20H17N3O4S/c1-22-15-8-7-14(27-2)11-16(15)28-20(22)21-19(26)12-3-5-13(6-4-12)23-17(24)9-10-18(23)25/h3-8,11H,9-10H2,1-2H3. The highest BCUT2D eigenvalue weighted by Crippen LogP contribution is 2.24. The summed E-state index contributed by atoms with van der Waals surface area (Å²) >= 11 is 1.40. The molecule has 2 aromatic carbocycles. The Kier molecular flexibility index (Phi) is 4.56. The van der Waals surface area contributed by atoms with Crippen LogP contribution in [-0.4, -0.2) is 29.4 Å². The van der Waals surface area contributed by atoms with Crippen LogP contribution in [-0.2, 0) is 16.6 Å². The number of thiazole rings is 1. The van der Waals surface area contributed by atoms with E-state index in [1.54, 1.807) is 31.4 Å². The summed E-state index contributed by atoms with van der Waals surface area (Å²) in [5.74, 6) is -0.0865. The summed E-state index contributed by atoms with van der Waals surface area (Å²) in [4.78, 5) is 42.2. The van der Waals surface area contributed by atoms with Crippen molar-refractivity contribution in [3.05, 3.63) is 52.8 Å². The van der Waals surface area contributed by atoms with E-state index in [0.29, 0.717) is 16.1 Å². The predicted molar refractivity (Wildman–Crippen MR) is 105 cm³/mol. The lowest BCUT2D eigenvalue weighted by atomic mass is 10.2. The molecule has 3 amide bonds. The number of carbonyl (C=O) groups is 3. The van der Waals surface area contributed by atoms with Gasteiger partial charge >= 0.3 is 0 Å². The van der Waals surface area contributed by atoms with Gasteiger partial charge in [0, 0.05) is 25.5 Å². The minimum Gasteiger partial charge on any atom is -0.497 e. The Bertz CT molecular complexity index is 1160. The minimum absolute atomic E-state index is 0.221. The average molecular weight is 395 g/mol. The van der Waals surface area contributed by atoms with Gasteiger partial charge in [-0.3, -0.25) is 19.3 Å². The Morgan fingerprint density at radius 2 is 1.75 bits per heavy atom. The number of amides is 3. The molecule has 0 N–H and O–H groups in total. The molecule has 0 unspecified atom stereocenters. The topological polar surface area (TPSA) is 81.0 Å². The zero-order valence-electron chi connectivity index (χ0n) is 15.3. The number of methoxy groups -OCH3 is 1. The number of fused-ring (bicyclic) bond motifs is 1. The Labute approximate surface area is 164 Å². The van der Waals surface area contributed by atoms with Crippen LogP contribution in [0.25, 0.3) is 10.2 Å². The van der Waals surface area contributed by atoms with Crippen molar-refractivity contribution in [3.63, 3.8) is 0 Å². The molecule has 1 aliphatic rings. The van der Waals surface area contributed by atoms with Gasteiger partial charge in [0.1, 0.15) is 5.75 Å².